The van der Waals surface area contributed by atoms with Gasteiger partial charge in [-0.05, 0) is 6.42 Å². The summed E-state index contributed by atoms with van der Waals surface area (Å²) in [6, 6.07) is 0. The van der Waals surface area contributed by atoms with Crippen LogP contribution in [0.2, 0.25) is 0 Å². The highest BCUT2D eigenvalue weighted by atomic mass is 35.5. The quantitative estimate of drug-likeness (QED) is 0.0633. The molecule has 0 aromatic rings. The van der Waals surface area contributed by atoms with Gasteiger partial charge in [-0.3, -0.25) is 0 Å². The fourth-order valence-electron chi connectivity index (χ4n) is 4.38. The lowest BCUT2D eigenvalue weighted by Gasteiger charge is -2.24. The van der Waals surface area contributed by atoms with E-state index in [2.05, 4.69) is 17.0 Å². The van der Waals surface area contributed by atoms with Gasteiger partial charge >= 0.3 is 6.09 Å². The highest BCUT2D eigenvalue weighted by Crippen LogP contribution is 2.14. The summed E-state index contributed by atoms with van der Waals surface area (Å²) in [5.74, 6) is 0.0204. The second-order valence-corrected chi connectivity index (χ2v) is 14.2. The Morgan fingerprint density at radius 1 is 0.795 bits per heavy atom. The number of alkyl halides is 1. The number of amides is 1. The van der Waals surface area contributed by atoms with Gasteiger partial charge in [0.2, 0.25) is 15.6 Å². The van der Waals surface area contributed by atoms with Gasteiger partial charge in [-0.1, -0.05) is 115 Å². The normalized spacial score (nSPS) is 13.8. The van der Waals surface area contributed by atoms with E-state index in [0.29, 0.717) is 17.4 Å². The number of nitrogens with one attached hydrogen (secondary N) is 2. The van der Waals surface area contributed by atoms with Gasteiger partial charge in [0.1, 0.15) is 6.10 Å². The number of rotatable bonds is 27. The third-order valence-electron chi connectivity index (χ3n) is 6.86. The molecule has 2 atom stereocenters. The van der Waals surface area contributed by atoms with Crippen molar-refractivity contribution in [3.8, 4) is 0 Å². The molecular weight excluding hydrogens is 538 g/mol. The molecule has 0 heterocycles. The van der Waals surface area contributed by atoms with Crippen LogP contribution in [0, 0.1) is 0 Å². The largest absolute Gasteiger partial charge is 0.427 e. The summed E-state index contributed by atoms with van der Waals surface area (Å²) < 4.78 is 38.1. The fourth-order valence-corrected chi connectivity index (χ4v) is 5.72. The van der Waals surface area contributed by atoms with E-state index in [9.17, 15) is 13.2 Å². The van der Waals surface area contributed by atoms with E-state index in [4.69, 9.17) is 21.1 Å². The summed E-state index contributed by atoms with van der Waals surface area (Å²) in [6.07, 6.45) is 20.0. The predicted octanol–water partition coefficient (Wildman–Crippen LogP) is 6.57. The minimum absolute atomic E-state index is 0.0204. The molecule has 0 aromatic heterocycles. The Kier molecular flexibility index (Phi) is 23.7. The van der Waals surface area contributed by atoms with Crippen LogP contribution >= 0.6 is 11.6 Å². The molecule has 8 nitrogen and oxygen atoms in total. The molecule has 0 saturated carbocycles. The van der Waals surface area contributed by atoms with E-state index in [1.165, 1.54) is 97.0 Å². The lowest BCUT2D eigenvalue weighted by atomic mass is 10.0. The molecule has 39 heavy (non-hydrogen) atoms. The van der Waals surface area contributed by atoms with Gasteiger partial charge in [-0.15, -0.1) is 0 Å². The van der Waals surface area contributed by atoms with Crippen molar-refractivity contribution in [1.82, 2.24) is 10.0 Å². The maximum absolute atomic E-state index is 12.2. The minimum Gasteiger partial charge on any atom is -0.427 e. The molecule has 0 bridgehead atoms. The van der Waals surface area contributed by atoms with Gasteiger partial charge in [-0.25, -0.2) is 17.9 Å². The van der Waals surface area contributed by atoms with Gasteiger partial charge in [0.25, 0.3) is 0 Å². The molecule has 0 rings (SSSR count). The van der Waals surface area contributed by atoms with Crippen molar-refractivity contribution in [3.05, 3.63) is 0 Å². The molecule has 0 spiro atoms. The molecule has 0 aliphatic heterocycles. The maximum atomic E-state index is 12.2. The van der Waals surface area contributed by atoms with E-state index in [0.717, 1.165) is 19.4 Å². The monoisotopic (exact) mass is 598 g/mol. The van der Waals surface area contributed by atoms with Crippen LogP contribution < -0.4 is 10.0 Å². The third kappa shape index (κ3) is 26.1. The van der Waals surface area contributed by atoms with Crippen LogP contribution in [0.5, 0.6) is 0 Å². The molecule has 1 amide bonds. The van der Waals surface area contributed by atoms with E-state index in [1.54, 1.807) is 0 Å². The summed E-state index contributed by atoms with van der Waals surface area (Å²) >= 11 is 6.17. The number of alkyl carbamates (subject to hydrolysis) is 1. The van der Waals surface area contributed by atoms with Gasteiger partial charge in [0, 0.05) is 26.6 Å². The molecular formula is C29H61ClN3O5S+. The number of hydrogen-bond donors (Lipinski definition) is 2. The van der Waals surface area contributed by atoms with Crippen molar-refractivity contribution >= 4 is 27.7 Å². The molecule has 0 fully saturated rings. The minimum atomic E-state index is -3.47. The Hall–Kier alpha value is -0.610. The molecule has 2 unspecified atom stereocenters. The topological polar surface area (TPSA) is 93.7 Å². The average molecular weight is 599 g/mol. The van der Waals surface area contributed by atoms with Gasteiger partial charge in [0.15, 0.2) is 0 Å². The van der Waals surface area contributed by atoms with Crippen LogP contribution in [-0.2, 0) is 19.5 Å². The highest BCUT2D eigenvalue weighted by Gasteiger charge is 2.25. The van der Waals surface area contributed by atoms with Crippen LogP contribution in [-0.4, -0.2) is 84.3 Å². The SMILES string of the molecule is CCCCCCCCCCCCCCCCCCNC(=O)OC(Cl)C(CNS(=O)(=O)CCC[N+](C)(C)C)OC. The van der Waals surface area contributed by atoms with Gasteiger partial charge in [-0.2, -0.15) is 0 Å². The van der Waals surface area contributed by atoms with Crippen molar-refractivity contribution in [2.75, 3.05) is 53.6 Å². The van der Waals surface area contributed by atoms with E-state index in [-0.39, 0.29) is 12.3 Å². The number of nitrogens with zero attached hydrogens (tertiary/aromatic N) is 1. The van der Waals surface area contributed by atoms with Crippen molar-refractivity contribution in [2.45, 2.75) is 128 Å². The number of hydrogen-bond acceptors (Lipinski definition) is 5. The van der Waals surface area contributed by atoms with E-state index >= 15 is 0 Å². The van der Waals surface area contributed by atoms with Gasteiger partial charge < -0.3 is 19.3 Å². The van der Waals surface area contributed by atoms with Crippen LogP contribution in [0.25, 0.3) is 0 Å². The number of methoxy groups -OCH3 is 1. The number of unbranched alkanes of at least 4 members (excludes halogenated alkanes) is 15. The molecule has 0 aliphatic carbocycles. The second-order valence-electron chi connectivity index (χ2n) is 11.8. The smallest absolute Gasteiger partial charge is 0.408 e. The summed E-state index contributed by atoms with van der Waals surface area (Å²) in [5, 5.41) is 2.71. The summed E-state index contributed by atoms with van der Waals surface area (Å²) in [6.45, 7) is 3.47. The standard InChI is InChI=1S/C29H60ClN3O5S/c1-6-7-8-9-10-11-12-13-14-15-16-17-18-19-20-21-23-31-29(34)38-28(30)27(37-5)26-32-39(35,36)25-22-24-33(2,3)4/h27-28,32H,6-26H2,1-5H3/p+1. The van der Waals surface area contributed by atoms with Crippen LogP contribution in [0.15, 0.2) is 0 Å². The highest BCUT2D eigenvalue weighted by molar-refractivity contribution is 7.89. The van der Waals surface area contributed by atoms with Crippen molar-refractivity contribution in [3.63, 3.8) is 0 Å². The zero-order valence-corrected chi connectivity index (χ0v) is 27.4. The summed E-state index contributed by atoms with van der Waals surface area (Å²) in [5.41, 5.74) is -1.10. The number of carbonyl (C=O) groups is 1. The third-order valence-corrected chi connectivity index (χ3v) is 8.66. The number of carbonyl (C=O) groups excluding carboxylic acids is 1. The Bertz CT molecular complexity index is 689. The van der Waals surface area contributed by atoms with E-state index in [1.807, 2.05) is 21.1 Å². The number of ether oxygens (including phenoxy) is 2. The zero-order chi connectivity index (χ0) is 29.4. The number of quaternary nitrogens is 1. The summed E-state index contributed by atoms with van der Waals surface area (Å²) in [4.78, 5) is 12.1. The van der Waals surface area contributed by atoms with Crippen molar-refractivity contribution in [2.24, 2.45) is 0 Å². The first-order valence-corrected chi connectivity index (χ1v) is 17.5. The first-order valence-electron chi connectivity index (χ1n) is 15.4. The van der Waals surface area contributed by atoms with Crippen molar-refractivity contribution < 1.29 is 27.2 Å². The molecule has 10 heteroatoms. The molecule has 0 radical (unpaired) electrons. The van der Waals surface area contributed by atoms with Crippen LogP contribution in [0.3, 0.4) is 0 Å². The van der Waals surface area contributed by atoms with Crippen LogP contribution in [0.1, 0.15) is 116 Å². The average Bonchev–Trinajstić information content (AvgIpc) is 2.85. The lowest BCUT2D eigenvalue weighted by molar-refractivity contribution is -0.870. The summed E-state index contributed by atoms with van der Waals surface area (Å²) in [7, 11) is 3.99. The molecule has 2 N–H and O–H groups in total. The molecule has 0 aromatic carbocycles. The first-order chi connectivity index (χ1) is 18.5. The van der Waals surface area contributed by atoms with Crippen molar-refractivity contribution in [1.29, 1.82) is 0 Å². The predicted molar refractivity (Wildman–Crippen MR) is 164 cm³/mol. The Labute approximate surface area is 245 Å². The lowest BCUT2D eigenvalue weighted by Crippen LogP contribution is -2.42. The number of halogens is 1. The Morgan fingerprint density at radius 3 is 1.69 bits per heavy atom. The first kappa shape index (κ1) is 38.4. The number of sulfonamides is 1. The Morgan fingerprint density at radius 2 is 1.26 bits per heavy atom. The van der Waals surface area contributed by atoms with Gasteiger partial charge in [0.05, 0.1) is 33.4 Å². The maximum Gasteiger partial charge on any atom is 0.408 e. The van der Waals surface area contributed by atoms with Crippen LogP contribution in [0.4, 0.5) is 4.79 Å². The second kappa shape index (κ2) is 24.0. The fraction of sp³-hybridized carbons (Fsp3) is 0.966. The van der Waals surface area contributed by atoms with E-state index < -0.39 is 27.8 Å². The molecule has 0 saturated heterocycles. The Balaban J connectivity index is 3.74. The molecule has 234 valence electrons. The molecule has 0 aliphatic rings. The zero-order valence-electron chi connectivity index (χ0n) is 25.8.